The van der Waals surface area contributed by atoms with Crippen LogP contribution in [0.15, 0.2) is 18.2 Å². The summed E-state index contributed by atoms with van der Waals surface area (Å²) in [6.45, 7) is 4.55. The van der Waals surface area contributed by atoms with E-state index in [1.54, 1.807) is 25.3 Å². The number of rotatable bonds is 3. The number of methoxy groups -OCH3 is 1. The molecule has 2 N–H and O–H groups in total. The number of urea groups is 1. The normalized spacial score (nSPS) is 19.1. The highest BCUT2D eigenvalue weighted by Gasteiger charge is 2.38. The van der Waals surface area contributed by atoms with Gasteiger partial charge in [-0.1, -0.05) is 0 Å². The molecule has 2 aliphatic rings. The Balaban J connectivity index is 1.68. The number of piperidine rings is 1. The first-order valence-electron chi connectivity index (χ1n) is 9.11. The molecule has 0 saturated carbocycles. The summed E-state index contributed by atoms with van der Waals surface area (Å²) in [7, 11) is 1.54. The molecule has 2 heterocycles. The molecule has 0 aromatic heterocycles. The summed E-state index contributed by atoms with van der Waals surface area (Å²) in [5.74, 6) is 0.363. The van der Waals surface area contributed by atoms with Crippen LogP contribution in [0, 0.1) is 5.41 Å². The average Bonchev–Trinajstić information content (AvgIpc) is 2.62. The number of hydrogen-bond acceptors (Lipinski definition) is 4. The number of ether oxygens (including phenoxy) is 2. The Hall–Kier alpha value is -2.28. The topological polar surface area (TPSA) is 79.9 Å². The van der Waals surface area contributed by atoms with Gasteiger partial charge in [-0.3, -0.25) is 4.79 Å². The van der Waals surface area contributed by atoms with Gasteiger partial charge in [0.05, 0.1) is 12.8 Å². The van der Waals surface area contributed by atoms with Gasteiger partial charge in [-0.15, -0.1) is 0 Å². The van der Waals surface area contributed by atoms with Crippen LogP contribution in [0.4, 0.5) is 16.2 Å². The van der Waals surface area contributed by atoms with Crippen LogP contribution in [0.1, 0.15) is 32.6 Å². The first kappa shape index (κ1) is 18.5. The van der Waals surface area contributed by atoms with Crippen molar-refractivity contribution in [2.75, 3.05) is 44.0 Å². The van der Waals surface area contributed by atoms with E-state index in [1.165, 1.54) is 6.92 Å². The molecular weight excluding hydrogens is 334 g/mol. The van der Waals surface area contributed by atoms with Crippen LogP contribution in [-0.2, 0) is 9.53 Å². The van der Waals surface area contributed by atoms with Crippen LogP contribution < -0.4 is 15.4 Å². The summed E-state index contributed by atoms with van der Waals surface area (Å²) < 4.78 is 10.7. The summed E-state index contributed by atoms with van der Waals surface area (Å²) in [4.78, 5) is 26.0. The zero-order valence-electron chi connectivity index (χ0n) is 15.5. The smallest absolute Gasteiger partial charge is 0.321 e. The molecular formula is C19H27N3O4. The van der Waals surface area contributed by atoms with Crippen molar-refractivity contribution >= 4 is 23.3 Å². The number of benzene rings is 1. The molecule has 0 radical (unpaired) electrons. The molecule has 2 aliphatic heterocycles. The van der Waals surface area contributed by atoms with E-state index in [2.05, 4.69) is 10.6 Å². The Morgan fingerprint density at radius 1 is 1.19 bits per heavy atom. The van der Waals surface area contributed by atoms with Gasteiger partial charge in [-0.05, 0) is 49.3 Å². The van der Waals surface area contributed by atoms with Crippen LogP contribution in [0.25, 0.3) is 0 Å². The zero-order chi connectivity index (χ0) is 18.6. The Bertz CT molecular complexity index is 665. The van der Waals surface area contributed by atoms with Gasteiger partial charge < -0.3 is 25.0 Å². The highest BCUT2D eigenvalue weighted by atomic mass is 16.5. The van der Waals surface area contributed by atoms with Crippen molar-refractivity contribution in [3.8, 4) is 5.75 Å². The van der Waals surface area contributed by atoms with Gasteiger partial charge in [0.15, 0.2) is 0 Å². The monoisotopic (exact) mass is 361 g/mol. The fraction of sp³-hybridized carbons (Fsp3) is 0.579. The highest BCUT2D eigenvalue weighted by molar-refractivity contribution is 5.94. The molecule has 0 atom stereocenters. The lowest BCUT2D eigenvalue weighted by Gasteiger charge is -2.45. The van der Waals surface area contributed by atoms with Crippen molar-refractivity contribution in [1.82, 2.24) is 4.90 Å². The van der Waals surface area contributed by atoms with Crippen molar-refractivity contribution in [2.24, 2.45) is 5.41 Å². The minimum absolute atomic E-state index is 0.102. The summed E-state index contributed by atoms with van der Waals surface area (Å²) >= 11 is 0. The number of likely N-dealkylation sites (tertiary alicyclic amines) is 1. The zero-order valence-corrected chi connectivity index (χ0v) is 15.5. The van der Waals surface area contributed by atoms with Crippen molar-refractivity contribution in [2.45, 2.75) is 32.6 Å². The predicted molar refractivity (Wildman–Crippen MR) is 99.6 cm³/mol. The molecule has 142 valence electrons. The second-order valence-electron chi connectivity index (χ2n) is 7.16. The minimum Gasteiger partial charge on any atom is -0.495 e. The van der Waals surface area contributed by atoms with E-state index in [-0.39, 0.29) is 17.4 Å². The third-order valence-corrected chi connectivity index (χ3v) is 5.26. The van der Waals surface area contributed by atoms with Crippen molar-refractivity contribution < 1.29 is 19.1 Å². The number of anilines is 2. The summed E-state index contributed by atoms with van der Waals surface area (Å²) in [5.41, 5.74) is 1.37. The van der Waals surface area contributed by atoms with E-state index >= 15 is 0 Å². The lowest BCUT2D eigenvalue weighted by atomic mass is 9.74. The second kappa shape index (κ2) is 7.95. The lowest BCUT2D eigenvalue weighted by Crippen LogP contribution is -2.49. The maximum Gasteiger partial charge on any atom is 0.321 e. The van der Waals surface area contributed by atoms with Gasteiger partial charge in [0.2, 0.25) is 5.91 Å². The standard InChI is InChI=1S/C19H27N3O4/c1-14(23)20-16-12-15(4-5-17(16)25-2)21-18(24)22-9-3-6-19(13-22)7-10-26-11-8-19/h4-5,12H,3,6-11,13H2,1-2H3,(H,20,23)(H,21,24). The van der Waals surface area contributed by atoms with Crippen molar-refractivity contribution in [3.63, 3.8) is 0 Å². The third-order valence-electron chi connectivity index (χ3n) is 5.26. The molecule has 0 unspecified atom stereocenters. The minimum atomic E-state index is -0.190. The van der Waals surface area contributed by atoms with Crippen molar-refractivity contribution in [1.29, 1.82) is 0 Å². The molecule has 0 aliphatic carbocycles. The number of nitrogens with zero attached hydrogens (tertiary/aromatic N) is 1. The summed E-state index contributed by atoms with van der Waals surface area (Å²) in [6.07, 6.45) is 4.22. The van der Waals surface area contributed by atoms with E-state index in [0.29, 0.717) is 17.1 Å². The number of hydrogen-bond donors (Lipinski definition) is 2. The fourth-order valence-electron chi connectivity index (χ4n) is 3.87. The van der Waals surface area contributed by atoms with Gasteiger partial charge in [-0.25, -0.2) is 4.79 Å². The molecule has 2 fully saturated rings. The first-order chi connectivity index (χ1) is 12.5. The molecule has 1 aromatic carbocycles. The molecule has 26 heavy (non-hydrogen) atoms. The Kier molecular flexibility index (Phi) is 5.66. The Labute approximate surface area is 154 Å². The van der Waals surface area contributed by atoms with Crippen molar-refractivity contribution in [3.05, 3.63) is 18.2 Å². The van der Waals surface area contributed by atoms with Gasteiger partial charge in [0, 0.05) is 38.9 Å². The number of nitrogens with one attached hydrogen (secondary N) is 2. The molecule has 1 aromatic rings. The van der Waals surface area contributed by atoms with E-state index in [9.17, 15) is 9.59 Å². The number of amides is 3. The summed E-state index contributed by atoms with van der Waals surface area (Å²) in [6, 6.07) is 5.12. The molecule has 7 nitrogen and oxygen atoms in total. The van der Waals surface area contributed by atoms with Gasteiger partial charge in [0.1, 0.15) is 5.75 Å². The van der Waals surface area contributed by atoms with E-state index in [0.717, 1.165) is 52.0 Å². The van der Waals surface area contributed by atoms with E-state index < -0.39 is 0 Å². The largest absolute Gasteiger partial charge is 0.495 e. The molecule has 0 bridgehead atoms. The number of carbonyl (C=O) groups is 2. The van der Waals surface area contributed by atoms with Crippen LogP contribution in [0.2, 0.25) is 0 Å². The molecule has 3 rings (SSSR count). The van der Waals surface area contributed by atoms with Crippen LogP contribution in [0.5, 0.6) is 5.75 Å². The van der Waals surface area contributed by atoms with Gasteiger partial charge in [0.25, 0.3) is 0 Å². The highest BCUT2D eigenvalue weighted by Crippen LogP contribution is 2.39. The SMILES string of the molecule is COc1ccc(NC(=O)N2CCCC3(CCOCC3)C2)cc1NC(C)=O. The summed E-state index contributed by atoms with van der Waals surface area (Å²) in [5, 5.41) is 5.67. The quantitative estimate of drug-likeness (QED) is 0.867. The van der Waals surface area contributed by atoms with E-state index in [1.807, 2.05) is 4.90 Å². The van der Waals surface area contributed by atoms with Gasteiger partial charge in [-0.2, -0.15) is 0 Å². The second-order valence-corrected chi connectivity index (χ2v) is 7.16. The average molecular weight is 361 g/mol. The molecule has 1 spiro atoms. The molecule has 3 amide bonds. The van der Waals surface area contributed by atoms with Crippen LogP contribution in [-0.4, -0.2) is 50.3 Å². The predicted octanol–water partition coefficient (Wildman–Crippen LogP) is 3.08. The fourth-order valence-corrected chi connectivity index (χ4v) is 3.87. The Morgan fingerprint density at radius 2 is 1.96 bits per heavy atom. The van der Waals surface area contributed by atoms with Crippen LogP contribution in [0.3, 0.4) is 0 Å². The molecule has 2 saturated heterocycles. The third kappa shape index (κ3) is 4.27. The maximum absolute atomic E-state index is 12.7. The number of carbonyl (C=O) groups excluding carboxylic acids is 2. The molecule has 7 heteroatoms. The Morgan fingerprint density at radius 3 is 2.65 bits per heavy atom. The van der Waals surface area contributed by atoms with E-state index in [4.69, 9.17) is 9.47 Å². The maximum atomic E-state index is 12.7. The van der Waals surface area contributed by atoms with Crippen LogP contribution >= 0.6 is 0 Å². The lowest BCUT2D eigenvalue weighted by molar-refractivity contribution is -0.114. The van der Waals surface area contributed by atoms with Gasteiger partial charge >= 0.3 is 6.03 Å². The first-order valence-corrected chi connectivity index (χ1v) is 9.11.